The number of halogens is 3. The first kappa shape index (κ1) is 10.0. The van der Waals surface area contributed by atoms with Crippen LogP contribution in [0.25, 0.3) is 0 Å². The zero-order chi connectivity index (χ0) is 9.07. The minimum atomic E-state index is -4.72. The second kappa shape index (κ2) is 3.41. The van der Waals surface area contributed by atoms with E-state index < -0.39 is 17.7 Å². The van der Waals surface area contributed by atoms with Gasteiger partial charge in [-0.25, -0.2) is 4.79 Å². The lowest BCUT2D eigenvalue weighted by Crippen LogP contribution is -2.20. The lowest BCUT2D eigenvalue weighted by molar-refractivity contribution is -0.149. The normalized spacial score (nSPS) is 10.9. The summed E-state index contributed by atoms with van der Waals surface area (Å²) < 4.78 is 38.8. The van der Waals surface area contributed by atoms with E-state index >= 15 is 0 Å². The molecule has 0 saturated carbocycles. The second-order valence-electron chi connectivity index (χ2n) is 1.61. The predicted molar refractivity (Wildman–Crippen MR) is 31.5 cm³/mol. The van der Waals surface area contributed by atoms with Gasteiger partial charge in [0.25, 0.3) is 0 Å². The van der Waals surface area contributed by atoms with Crippen molar-refractivity contribution in [3.63, 3.8) is 0 Å². The zero-order valence-corrected chi connectivity index (χ0v) is 5.57. The van der Waals surface area contributed by atoms with Crippen LogP contribution in [0.15, 0.2) is 12.2 Å². The smallest absolute Gasteiger partial charge is 0.422 e. The molecule has 0 aromatic carbocycles. The minimum absolute atomic E-state index is 0.339. The van der Waals surface area contributed by atoms with Gasteiger partial charge in [0.05, 0.1) is 6.61 Å². The molecule has 0 atom stereocenters. The van der Waals surface area contributed by atoms with Gasteiger partial charge in [0, 0.05) is 0 Å². The quantitative estimate of drug-likeness (QED) is 0.460. The molecule has 0 spiro atoms. The Morgan fingerprint density at radius 3 is 2.18 bits per heavy atom. The number of carbonyl (C=O) groups excluding carboxylic acids is 1. The molecule has 0 heterocycles. The van der Waals surface area contributed by atoms with Crippen LogP contribution in [0.4, 0.5) is 13.2 Å². The average Bonchev–Trinajstić information content (AvgIpc) is 1.85. The van der Waals surface area contributed by atoms with E-state index in [1.807, 2.05) is 0 Å². The summed E-state index contributed by atoms with van der Waals surface area (Å²) in [5, 5.41) is 0. The van der Waals surface area contributed by atoms with Gasteiger partial charge in [0.15, 0.2) is 0 Å². The number of esters is 1. The van der Waals surface area contributed by atoms with E-state index in [9.17, 15) is 18.0 Å². The van der Waals surface area contributed by atoms with E-state index in [1.54, 1.807) is 0 Å². The molecule has 0 fully saturated rings. The fraction of sp³-hybridized carbons (Fsp3) is 0.333. The first-order chi connectivity index (χ1) is 4.89. The lowest BCUT2D eigenvalue weighted by Gasteiger charge is -2.07. The van der Waals surface area contributed by atoms with E-state index in [0.29, 0.717) is 0 Å². The van der Waals surface area contributed by atoms with E-state index in [2.05, 4.69) is 18.2 Å². The van der Waals surface area contributed by atoms with E-state index in [0.717, 1.165) is 0 Å². The molecule has 0 amide bonds. The highest BCUT2D eigenvalue weighted by Gasteiger charge is 2.37. The third-order valence-electron chi connectivity index (χ3n) is 0.822. The minimum Gasteiger partial charge on any atom is -0.462 e. The number of carbonyl (C=O) groups is 1. The van der Waals surface area contributed by atoms with Gasteiger partial charge in [0.2, 0.25) is 0 Å². The van der Waals surface area contributed by atoms with Crippen molar-refractivity contribution in [2.45, 2.75) is 6.18 Å². The molecule has 0 saturated heterocycles. The van der Waals surface area contributed by atoms with Crippen molar-refractivity contribution < 1.29 is 22.7 Å². The largest absolute Gasteiger partial charge is 0.462 e. The van der Waals surface area contributed by atoms with Crippen LogP contribution in [0.2, 0.25) is 0 Å². The Labute approximate surface area is 61.6 Å². The molecular formula is C6H6F3O2. The van der Waals surface area contributed by atoms with Crippen molar-refractivity contribution in [3.8, 4) is 0 Å². The molecular weight excluding hydrogens is 161 g/mol. The van der Waals surface area contributed by atoms with E-state index in [1.165, 1.54) is 0 Å². The highest BCUT2D eigenvalue weighted by atomic mass is 19.4. The molecule has 63 valence electrons. The highest BCUT2D eigenvalue weighted by molar-refractivity contribution is 5.89. The molecule has 0 unspecified atom stereocenters. The Morgan fingerprint density at radius 2 is 1.91 bits per heavy atom. The molecule has 0 aliphatic carbocycles. The van der Waals surface area contributed by atoms with E-state index in [4.69, 9.17) is 0 Å². The van der Waals surface area contributed by atoms with Crippen molar-refractivity contribution in [2.24, 2.45) is 0 Å². The number of rotatable bonds is 2. The van der Waals surface area contributed by atoms with Crippen LogP contribution in [0, 0.1) is 6.92 Å². The molecule has 0 bridgehead atoms. The molecule has 0 rings (SSSR count). The van der Waals surface area contributed by atoms with Crippen LogP contribution in [0.1, 0.15) is 0 Å². The van der Waals surface area contributed by atoms with Crippen molar-refractivity contribution in [1.82, 2.24) is 0 Å². The fourth-order valence-electron chi connectivity index (χ4n) is 0.296. The summed E-state index contributed by atoms with van der Waals surface area (Å²) in [5.74, 6) is -1.48. The molecule has 11 heavy (non-hydrogen) atoms. The van der Waals surface area contributed by atoms with Crippen LogP contribution in [-0.4, -0.2) is 18.8 Å². The molecule has 2 nitrogen and oxygen atoms in total. The summed E-state index contributed by atoms with van der Waals surface area (Å²) in [6.45, 7) is 5.22. The lowest BCUT2D eigenvalue weighted by atomic mass is 10.3. The maximum atomic E-state index is 11.6. The Morgan fingerprint density at radius 1 is 1.45 bits per heavy atom. The maximum Gasteiger partial charge on any atom is 0.422 e. The van der Waals surface area contributed by atoms with Gasteiger partial charge in [-0.3, -0.25) is 0 Å². The zero-order valence-electron chi connectivity index (χ0n) is 5.57. The summed E-state index contributed by atoms with van der Waals surface area (Å²) in [4.78, 5) is 10.3. The van der Waals surface area contributed by atoms with Crippen molar-refractivity contribution >= 4 is 5.97 Å². The van der Waals surface area contributed by atoms with Gasteiger partial charge in [-0.1, -0.05) is 6.58 Å². The van der Waals surface area contributed by atoms with Crippen molar-refractivity contribution in [1.29, 1.82) is 0 Å². The molecule has 0 aromatic rings. The standard InChI is InChI=1S/C6H6F3O2/c1-3-11-5(10)4(2)6(7,8)9/h1-3H2. The monoisotopic (exact) mass is 167 g/mol. The Balaban J connectivity index is 4.15. The second-order valence-corrected chi connectivity index (χ2v) is 1.61. The summed E-state index contributed by atoms with van der Waals surface area (Å²) in [5.41, 5.74) is -1.51. The van der Waals surface area contributed by atoms with Gasteiger partial charge in [0.1, 0.15) is 5.57 Å². The van der Waals surface area contributed by atoms with Crippen LogP contribution < -0.4 is 0 Å². The SMILES string of the molecule is [CH2]COC(=O)C(=C)C(F)(F)F. The fourth-order valence-corrected chi connectivity index (χ4v) is 0.296. The van der Waals surface area contributed by atoms with Crippen molar-refractivity contribution in [3.05, 3.63) is 19.1 Å². The highest BCUT2D eigenvalue weighted by Crippen LogP contribution is 2.24. The number of alkyl halides is 3. The first-order valence-electron chi connectivity index (χ1n) is 2.62. The number of ether oxygens (including phenoxy) is 1. The van der Waals surface area contributed by atoms with Crippen LogP contribution in [0.3, 0.4) is 0 Å². The van der Waals surface area contributed by atoms with E-state index in [-0.39, 0.29) is 6.61 Å². The van der Waals surface area contributed by atoms with Gasteiger partial charge in [-0.15, -0.1) is 0 Å². The predicted octanol–water partition coefficient (Wildman–Crippen LogP) is 1.48. The molecule has 1 radical (unpaired) electrons. The summed E-state index contributed by atoms with van der Waals surface area (Å²) in [7, 11) is 0. The van der Waals surface area contributed by atoms with Crippen LogP contribution in [0.5, 0.6) is 0 Å². The molecule has 5 heteroatoms. The Hall–Kier alpha value is -1.00. The molecule has 0 aliphatic rings. The van der Waals surface area contributed by atoms with Crippen LogP contribution >= 0.6 is 0 Å². The molecule has 0 aliphatic heterocycles. The first-order valence-corrected chi connectivity index (χ1v) is 2.62. The summed E-state index contributed by atoms with van der Waals surface area (Å²) >= 11 is 0. The van der Waals surface area contributed by atoms with Gasteiger partial charge >= 0.3 is 12.1 Å². The third kappa shape index (κ3) is 3.06. The Kier molecular flexibility index (Phi) is 3.10. The molecule has 0 aromatic heterocycles. The summed E-state index contributed by atoms with van der Waals surface area (Å²) in [6.07, 6.45) is -4.72. The third-order valence-corrected chi connectivity index (χ3v) is 0.822. The topological polar surface area (TPSA) is 26.3 Å². The van der Waals surface area contributed by atoms with Crippen LogP contribution in [-0.2, 0) is 9.53 Å². The van der Waals surface area contributed by atoms with Gasteiger partial charge in [-0.2, -0.15) is 13.2 Å². The number of hydrogen-bond donors (Lipinski definition) is 0. The average molecular weight is 167 g/mol. The van der Waals surface area contributed by atoms with Crippen molar-refractivity contribution in [2.75, 3.05) is 6.61 Å². The van der Waals surface area contributed by atoms with Gasteiger partial charge < -0.3 is 4.74 Å². The van der Waals surface area contributed by atoms with Gasteiger partial charge in [-0.05, 0) is 6.92 Å². The summed E-state index contributed by atoms with van der Waals surface area (Å²) in [6, 6.07) is 0. The maximum absolute atomic E-state index is 11.6. The Bertz CT molecular complexity index is 171. The number of hydrogen-bond acceptors (Lipinski definition) is 2. The molecule has 0 N–H and O–H groups in total.